The highest BCUT2D eigenvalue weighted by molar-refractivity contribution is 7.67. The van der Waals surface area contributed by atoms with Crippen LogP contribution in [0.15, 0.2) is 59.5 Å². The summed E-state index contributed by atoms with van der Waals surface area (Å²) in [5.41, 5.74) is 5.79. The molecule has 3 aromatic heterocycles. The molecule has 7 atom stereocenters. The van der Waals surface area contributed by atoms with Crippen LogP contribution in [0.4, 0.5) is 5.82 Å². The van der Waals surface area contributed by atoms with Gasteiger partial charge in [-0.15, -0.1) is 22.7 Å². The molecule has 24 heteroatoms. The summed E-state index contributed by atoms with van der Waals surface area (Å²) in [6.07, 6.45) is -5.46. The first-order valence-electron chi connectivity index (χ1n) is 13.0. The fourth-order valence-corrected chi connectivity index (χ4v) is 9.84. The average Bonchev–Trinajstić information content (AvgIpc) is 3.66. The monoisotopic (exact) mass is 749 g/mol. The van der Waals surface area contributed by atoms with Crippen molar-refractivity contribution in [3.05, 3.63) is 65.2 Å². The van der Waals surface area contributed by atoms with Gasteiger partial charge in [-0.2, -0.15) is 13.6 Å². The largest absolute Gasteiger partial charge is 0.536 e. The van der Waals surface area contributed by atoms with Gasteiger partial charge >= 0.3 is 29.2 Å². The molecule has 1 aliphatic heterocycles. The number of aliphatic hydroxyl groups excluding tert-OH is 2. The molecule has 0 aliphatic carbocycles. The number of hydrogen-bond donors (Lipinski definition) is 6. The number of para-hydroxylation sites is 1. The number of aromatic nitrogens is 4. The molecule has 250 valence electrons. The van der Waals surface area contributed by atoms with Crippen LogP contribution >= 0.6 is 46.1 Å². The van der Waals surface area contributed by atoms with Gasteiger partial charge in [0.2, 0.25) is 0 Å². The molecule has 1 fully saturated rings. The van der Waals surface area contributed by atoms with E-state index < -0.39 is 60.3 Å². The van der Waals surface area contributed by atoms with E-state index in [0.717, 1.165) is 21.0 Å². The van der Waals surface area contributed by atoms with Crippen molar-refractivity contribution in [1.82, 2.24) is 19.5 Å². The normalized spacial score (nSPS) is 23.8. The highest BCUT2D eigenvalue weighted by atomic mass is 32.1. The lowest BCUT2D eigenvalue weighted by atomic mass is 10.1. The number of nitrogens with zero attached hydrogens (tertiary/aromatic N) is 4. The highest BCUT2D eigenvalue weighted by Crippen LogP contribution is 2.67. The molecule has 5 aromatic rings. The summed E-state index contributed by atoms with van der Waals surface area (Å²) in [6.45, 7) is -1.03. The first-order valence-corrected chi connectivity index (χ1v) is 19.1. The summed E-state index contributed by atoms with van der Waals surface area (Å²) in [5.74, 6) is -0.399. The van der Waals surface area contributed by atoms with Crippen molar-refractivity contribution >= 4 is 72.4 Å². The van der Waals surface area contributed by atoms with Gasteiger partial charge in [-0.1, -0.05) is 12.1 Å². The van der Waals surface area contributed by atoms with E-state index in [1.54, 1.807) is 0 Å². The van der Waals surface area contributed by atoms with Crippen molar-refractivity contribution in [2.24, 2.45) is 0 Å². The topological polar surface area (TPSA) is 285 Å². The Balaban J connectivity index is 1.07. The van der Waals surface area contributed by atoms with E-state index in [9.17, 15) is 43.4 Å². The lowest BCUT2D eigenvalue weighted by Crippen LogP contribution is -2.36. The van der Waals surface area contributed by atoms with Gasteiger partial charge in [-0.25, -0.2) is 28.5 Å². The Kier molecular flexibility index (Phi) is 9.24. The van der Waals surface area contributed by atoms with Gasteiger partial charge in [-0.3, -0.25) is 14.0 Å². The van der Waals surface area contributed by atoms with Crippen molar-refractivity contribution in [2.45, 2.75) is 24.5 Å². The number of fused-ring (bicyclic) bond motifs is 2. The Bertz CT molecular complexity index is 2140. The average molecular weight is 750 g/mol. The molecule has 47 heavy (non-hydrogen) atoms. The Morgan fingerprint density at radius 1 is 0.851 bits per heavy atom. The zero-order valence-corrected chi connectivity index (χ0v) is 27.5. The van der Waals surface area contributed by atoms with Gasteiger partial charge in [0, 0.05) is 12.3 Å². The number of anilines is 1. The fourth-order valence-electron chi connectivity index (χ4n) is 4.35. The summed E-state index contributed by atoms with van der Waals surface area (Å²) < 4.78 is 62.6. The fraction of sp³-hybridized carbons (Fsp3) is 0.217. The number of aliphatic hydroxyl groups is 2. The second kappa shape index (κ2) is 12.8. The van der Waals surface area contributed by atoms with Crippen LogP contribution in [0.25, 0.3) is 30.4 Å². The summed E-state index contributed by atoms with van der Waals surface area (Å²) in [4.78, 5) is 54.6. The number of ether oxygens (including phenoxy) is 1. The molecule has 7 N–H and O–H groups in total. The van der Waals surface area contributed by atoms with Gasteiger partial charge in [-0.05, 0) is 30.3 Å². The van der Waals surface area contributed by atoms with E-state index in [1.165, 1.54) is 46.9 Å². The van der Waals surface area contributed by atoms with Crippen LogP contribution in [0, 0.1) is 0 Å². The Labute approximate surface area is 270 Å². The number of phosphoric ester groups is 2. The van der Waals surface area contributed by atoms with Crippen LogP contribution in [-0.2, 0) is 31.6 Å². The molecule has 19 nitrogen and oxygen atoms in total. The Hall–Kier alpha value is -2.97. The van der Waals surface area contributed by atoms with E-state index in [2.05, 4.69) is 28.1 Å². The minimum Gasteiger partial charge on any atom is -0.404 e. The molecule has 1 aliphatic rings. The minimum atomic E-state index is -5.84. The van der Waals surface area contributed by atoms with E-state index in [4.69, 9.17) is 15.0 Å². The van der Waals surface area contributed by atoms with Crippen LogP contribution in [0.5, 0.6) is 5.75 Å². The van der Waals surface area contributed by atoms with Crippen LogP contribution < -0.4 is 15.9 Å². The molecule has 6 rings (SSSR count). The predicted molar refractivity (Wildman–Crippen MR) is 165 cm³/mol. The maximum atomic E-state index is 12.6. The quantitative estimate of drug-likeness (QED) is 0.106. The molecule has 0 spiro atoms. The van der Waals surface area contributed by atoms with Gasteiger partial charge in [0.25, 0.3) is 0 Å². The number of nitrogen functional groups attached to an aromatic ring is 1. The van der Waals surface area contributed by atoms with Gasteiger partial charge < -0.3 is 35.0 Å². The number of benzene rings is 2. The Morgan fingerprint density at radius 2 is 1.51 bits per heavy atom. The summed E-state index contributed by atoms with van der Waals surface area (Å²) in [6, 6.07) is 12.8. The third-order valence-electron chi connectivity index (χ3n) is 6.34. The first-order chi connectivity index (χ1) is 22.1. The van der Waals surface area contributed by atoms with E-state index in [1.807, 2.05) is 24.3 Å². The molecule has 1 saturated heterocycles. The Morgan fingerprint density at radius 3 is 2.21 bits per heavy atom. The molecule has 3 unspecified atom stereocenters. The van der Waals surface area contributed by atoms with Crippen LogP contribution in [0.2, 0.25) is 0 Å². The van der Waals surface area contributed by atoms with Crippen LogP contribution in [-0.4, -0.2) is 69.3 Å². The van der Waals surface area contributed by atoms with Crippen molar-refractivity contribution in [3.8, 4) is 15.8 Å². The molecular formula is C23H22N5O14P3S2. The smallest absolute Gasteiger partial charge is 0.404 e. The molecule has 0 bridgehead atoms. The molecule has 0 radical (unpaired) electrons. The summed E-state index contributed by atoms with van der Waals surface area (Å²) in [7, 11) is -16.9. The van der Waals surface area contributed by atoms with Gasteiger partial charge in [0.05, 0.1) is 27.0 Å². The van der Waals surface area contributed by atoms with E-state index >= 15 is 0 Å². The third-order valence-corrected chi connectivity index (χ3v) is 12.8. The molecule has 0 saturated carbocycles. The van der Waals surface area contributed by atoms with E-state index in [-0.39, 0.29) is 11.6 Å². The number of phosphoric acid groups is 3. The third kappa shape index (κ3) is 7.69. The number of hydrogen-bond acceptors (Lipinski definition) is 17. The SMILES string of the molecule is Nc1ccn([C@@H]2O[C@H](COP(=O)(O)OP(=O)(O)OP(=O)(O)Oc3ccc4nc(-c5nc6ccccc6s5)sc4c3)[C@@H](O)[C@H]2O)c(=O)n1. The molecular weight excluding hydrogens is 727 g/mol. The predicted octanol–water partition coefficient (Wildman–Crippen LogP) is 2.76. The number of thiazole rings is 2. The number of nitrogens with two attached hydrogens (primary N) is 1. The molecule has 2 aromatic carbocycles. The lowest BCUT2D eigenvalue weighted by Gasteiger charge is -2.20. The van der Waals surface area contributed by atoms with Crippen molar-refractivity contribution in [2.75, 3.05) is 12.3 Å². The lowest BCUT2D eigenvalue weighted by molar-refractivity contribution is -0.0541. The van der Waals surface area contributed by atoms with Crippen molar-refractivity contribution in [3.63, 3.8) is 0 Å². The number of rotatable bonds is 11. The van der Waals surface area contributed by atoms with E-state index in [0.29, 0.717) is 20.2 Å². The first kappa shape index (κ1) is 33.9. The zero-order valence-electron chi connectivity index (χ0n) is 23.1. The van der Waals surface area contributed by atoms with Crippen molar-refractivity contribution < 1.29 is 61.0 Å². The van der Waals surface area contributed by atoms with Gasteiger partial charge in [0.1, 0.15) is 29.9 Å². The maximum Gasteiger partial charge on any atom is 0.536 e. The van der Waals surface area contributed by atoms with Crippen LogP contribution in [0.1, 0.15) is 6.23 Å². The van der Waals surface area contributed by atoms with Gasteiger partial charge in [0.15, 0.2) is 16.2 Å². The zero-order chi connectivity index (χ0) is 33.7. The molecule has 4 heterocycles. The van der Waals surface area contributed by atoms with Crippen molar-refractivity contribution in [1.29, 1.82) is 0 Å². The second-order valence-electron chi connectivity index (χ2n) is 9.68. The summed E-state index contributed by atoms with van der Waals surface area (Å²) in [5, 5.41) is 21.8. The summed E-state index contributed by atoms with van der Waals surface area (Å²) >= 11 is 2.63. The molecule has 0 amide bonds. The van der Waals surface area contributed by atoms with Crippen LogP contribution in [0.3, 0.4) is 0 Å². The minimum absolute atomic E-state index is 0.123. The maximum absolute atomic E-state index is 12.6. The highest BCUT2D eigenvalue weighted by Gasteiger charge is 2.47. The second-order valence-corrected chi connectivity index (χ2v) is 16.3. The standard InChI is InChI=1S/C23H22N5O14P3S2/c24-17-7-8-28(23(31)27-17)22-19(30)18(29)14(39-22)10-38-43(32,33)41-45(36,37)42-44(34,35)40-11-5-6-13-16(9-11)47-21(26-13)20-25-12-3-1-2-4-15(12)46-20/h1-9,14,18-19,22,29-30H,10H2,(H,32,33)(H,34,35)(H,36,37)(H2,24,27,31)/t14-,18-,19-,22-/m1/s1.